The van der Waals surface area contributed by atoms with E-state index in [0.717, 1.165) is 30.8 Å². The number of likely N-dealkylation sites (tertiary alicyclic amines) is 1. The standard InChI is InChI=1S/C19H21N3O.C13H17N3/c1-3-5-6-9-13-22(12-4-2)16-14-18(21-20-15-16)17-10-7-8-11-19(17)23;1-12-7-8-14-13(15-12)6-5-11-16-9-3-2-4-10-16/h4,7-8,10-11,14-15,23H,2-3,5,12-13H2,1H3;7-8H,2-4,9-11H2,1H3. The van der Waals surface area contributed by atoms with E-state index in [4.69, 9.17) is 0 Å². The Morgan fingerprint density at radius 1 is 1.10 bits per heavy atom. The first-order chi connectivity index (χ1) is 19.1. The van der Waals surface area contributed by atoms with Crippen LogP contribution in [0.5, 0.6) is 5.75 Å². The van der Waals surface area contributed by atoms with Crippen molar-refractivity contribution >= 4 is 5.69 Å². The topological polar surface area (TPSA) is 78.3 Å². The van der Waals surface area contributed by atoms with E-state index < -0.39 is 0 Å². The van der Waals surface area contributed by atoms with Gasteiger partial charge in [0.1, 0.15) is 5.75 Å². The molecule has 3 heterocycles. The fourth-order valence-electron chi connectivity index (χ4n) is 3.99. The molecular formula is C32H38N6O. The third-order valence-corrected chi connectivity index (χ3v) is 6.05. The lowest BCUT2D eigenvalue weighted by molar-refractivity contribution is 0.255. The van der Waals surface area contributed by atoms with Crippen LogP contribution in [0.3, 0.4) is 0 Å². The second-order valence-electron chi connectivity index (χ2n) is 9.25. The number of aromatic nitrogens is 4. The summed E-state index contributed by atoms with van der Waals surface area (Å²) in [5.41, 5.74) is 3.18. The van der Waals surface area contributed by atoms with Crippen LogP contribution in [0.1, 0.15) is 50.5 Å². The summed E-state index contributed by atoms with van der Waals surface area (Å²) in [7, 11) is 0. The number of piperidine rings is 1. The molecule has 3 aromatic rings. The largest absolute Gasteiger partial charge is 0.507 e. The van der Waals surface area contributed by atoms with Gasteiger partial charge in [-0.3, -0.25) is 4.90 Å². The Balaban J connectivity index is 0.000000230. The van der Waals surface area contributed by atoms with Crippen molar-refractivity contribution in [2.45, 2.75) is 46.0 Å². The molecule has 4 rings (SSSR count). The monoisotopic (exact) mass is 522 g/mol. The Morgan fingerprint density at radius 2 is 1.92 bits per heavy atom. The van der Waals surface area contributed by atoms with Crippen molar-refractivity contribution < 1.29 is 5.11 Å². The Morgan fingerprint density at radius 3 is 2.67 bits per heavy atom. The van der Waals surface area contributed by atoms with Gasteiger partial charge in [0.05, 0.1) is 30.7 Å². The highest BCUT2D eigenvalue weighted by atomic mass is 16.3. The predicted molar refractivity (Wildman–Crippen MR) is 158 cm³/mol. The number of rotatable bonds is 7. The molecule has 0 amide bonds. The number of anilines is 1. The highest BCUT2D eigenvalue weighted by Crippen LogP contribution is 2.28. The van der Waals surface area contributed by atoms with Crippen LogP contribution in [0.4, 0.5) is 5.69 Å². The molecule has 0 atom stereocenters. The molecular weight excluding hydrogens is 484 g/mol. The number of phenolic OH excluding ortho intramolecular Hbond substituents is 1. The van der Waals surface area contributed by atoms with Gasteiger partial charge < -0.3 is 10.0 Å². The zero-order valence-electron chi connectivity index (χ0n) is 23.1. The van der Waals surface area contributed by atoms with Gasteiger partial charge in [-0.15, -0.1) is 12.5 Å². The van der Waals surface area contributed by atoms with Crippen molar-refractivity contribution in [2.75, 3.05) is 37.6 Å². The maximum absolute atomic E-state index is 9.98. The van der Waals surface area contributed by atoms with E-state index in [1.54, 1.807) is 24.5 Å². The molecule has 0 radical (unpaired) electrons. The molecule has 0 aliphatic carbocycles. The minimum Gasteiger partial charge on any atom is -0.507 e. The lowest BCUT2D eigenvalue weighted by Crippen LogP contribution is -2.29. The van der Waals surface area contributed by atoms with Crippen LogP contribution < -0.4 is 4.90 Å². The van der Waals surface area contributed by atoms with Crippen molar-refractivity contribution in [3.8, 4) is 40.7 Å². The number of hydrogen-bond acceptors (Lipinski definition) is 7. The van der Waals surface area contributed by atoms with Crippen LogP contribution in [0.2, 0.25) is 0 Å². The molecule has 1 aliphatic rings. The molecule has 1 aromatic carbocycles. The van der Waals surface area contributed by atoms with Gasteiger partial charge in [0.15, 0.2) is 0 Å². The molecule has 1 saturated heterocycles. The van der Waals surface area contributed by atoms with Crippen molar-refractivity contribution in [3.63, 3.8) is 0 Å². The summed E-state index contributed by atoms with van der Waals surface area (Å²) in [6, 6.07) is 10.9. The second kappa shape index (κ2) is 16.6. The number of aryl methyl sites for hydroxylation is 1. The van der Waals surface area contributed by atoms with E-state index in [-0.39, 0.29) is 5.75 Å². The van der Waals surface area contributed by atoms with E-state index >= 15 is 0 Å². The van der Waals surface area contributed by atoms with Gasteiger partial charge in [0.25, 0.3) is 0 Å². The summed E-state index contributed by atoms with van der Waals surface area (Å²) >= 11 is 0. The van der Waals surface area contributed by atoms with E-state index in [0.29, 0.717) is 30.2 Å². The Bertz CT molecular complexity index is 1310. The molecule has 0 spiro atoms. The quantitative estimate of drug-likeness (QED) is 0.335. The lowest BCUT2D eigenvalue weighted by atomic mass is 10.1. The molecule has 7 heteroatoms. The molecule has 0 unspecified atom stereocenters. The first-order valence-electron chi connectivity index (χ1n) is 13.5. The molecule has 202 valence electrons. The molecule has 0 saturated carbocycles. The predicted octanol–water partition coefficient (Wildman–Crippen LogP) is 5.27. The van der Waals surface area contributed by atoms with Crippen molar-refractivity contribution in [1.82, 2.24) is 25.1 Å². The maximum atomic E-state index is 9.98. The molecule has 2 aromatic heterocycles. The zero-order chi connectivity index (χ0) is 27.7. The third kappa shape index (κ3) is 10.2. The Labute approximate surface area is 233 Å². The number of benzene rings is 1. The van der Waals surface area contributed by atoms with Gasteiger partial charge in [0.2, 0.25) is 5.82 Å². The number of para-hydroxylation sites is 1. The van der Waals surface area contributed by atoms with Gasteiger partial charge in [-0.25, -0.2) is 9.97 Å². The highest BCUT2D eigenvalue weighted by molar-refractivity contribution is 5.69. The lowest BCUT2D eigenvalue weighted by Gasteiger charge is -2.23. The van der Waals surface area contributed by atoms with Gasteiger partial charge in [-0.2, -0.15) is 10.2 Å². The van der Waals surface area contributed by atoms with Gasteiger partial charge >= 0.3 is 0 Å². The van der Waals surface area contributed by atoms with Crippen molar-refractivity contribution in [2.24, 2.45) is 0 Å². The number of unbranched alkanes of at least 4 members (excludes halogenated alkanes) is 1. The zero-order valence-corrected chi connectivity index (χ0v) is 23.1. The molecule has 1 aliphatic heterocycles. The number of aromatic hydroxyl groups is 1. The summed E-state index contributed by atoms with van der Waals surface area (Å²) in [6.07, 6.45) is 11.2. The average molecular weight is 523 g/mol. The van der Waals surface area contributed by atoms with E-state index in [2.05, 4.69) is 67.1 Å². The van der Waals surface area contributed by atoms with Crippen LogP contribution in [0, 0.1) is 30.6 Å². The van der Waals surface area contributed by atoms with E-state index in [9.17, 15) is 5.11 Å². The van der Waals surface area contributed by atoms with Crippen LogP contribution in [0.25, 0.3) is 11.3 Å². The summed E-state index contributed by atoms with van der Waals surface area (Å²) in [5.74, 6) is 13.3. The van der Waals surface area contributed by atoms with Crippen molar-refractivity contribution in [1.29, 1.82) is 0 Å². The van der Waals surface area contributed by atoms with Crippen LogP contribution in [-0.4, -0.2) is 62.9 Å². The number of nitrogens with zero attached hydrogens (tertiary/aromatic N) is 6. The molecule has 7 nitrogen and oxygen atoms in total. The number of hydrogen-bond donors (Lipinski definition) is 1. The van der Waals surface area contributed by atoms with Crippen LogP contribution in [0.15, 0.2) is 61.4 Å². The minimum atomic E-state index is 0.192. The summed E-state index contributed by atoms with van der Waals surface area (Å²) < 4.78 is 0. The fourth-order valence-corrected chi connectivity index (χ4v) is 3.99. The molecule has 0 bridgehead atoms. The van der Waals surface area contributed by atoms with Gasteiger partial charge in [-0.05, 0) is 69.5 Å². The molecule has 1 N–H and O–H groups in total. The summed E-state index contributed by atoms with van der Waals surface area (Å²) in [4.78, 5) is 12.8. The molecule has 39 heavy (non-hydrogen) atoms. The van der Waals surface area contributed by atoms with E-state index in [1.807, 2.05) is 37.3 Å². The van der Waals surface area contributed by atoms with E-state index in [1.165, 1.54) is 32.4 Å². The first-order valence-corrected chi connectivity index (χ1v) is 13.5. The molecule has 1 fully saturated rings. The average Bonchev–Trinajstić information content (AvgIpc) is 2.96. The fraction of sp³-hybridized carbons (Fsp3) is 0.375. The van der Waals surface area contributed by atoms with Gasteiger partial charge in [0, 0.05) is 30.4 Å². The summed E-state index contributed by atoms with van der Waals surface area (Å²) in [6.45, 7) is 12.4. The van der Waals surface area contributed by atoms with Crippen LogP contribution >= 0.6 is 0 Å². The second-order valence-corrected chi connectivity index (χ2v) is 9.25. The summed E-state index contributed by atoms with van der Waals surface area (Å²) in [5, 5.41) is 18.2. The highest BCUT2D eigenvalue weighted by Gasteiger charge is 2.10. The SMILES string of the molecule is C=CCN(CC#CCCC)c1cnnc(-c2ccccc2O)c1.Cc1ccnc(C#CCN2CCCCC2)n1. The minimum absolute atomic E-state index is 0.192. The first kappa shape index (κ1) is 29.4. The van der Waals surface area contributed by atoms with Crippen LogP contribution in [-0.2, 0) is 0 Å². The maximum Gasteiger partial charge on any atom is 0.205 e. The number of phenols is 1. The van der Waals surface area contributed by atoms with Crippen molar-refractivity contribution in [3.05, 3.63) is 73.0 Å². The third-order valence-electron chi connectivity index (χ3n) is 6.05. The van der Waals surface area contributed by atoms with Gasteiger partial charge in [-0.1, -0.05) is 43.4 Å². The normalized spacial score (nSPS) is 12.6. The smallest absolute Gasteiger partial charge is 0.205 e. The Kier molecular flexibility index (Phi) is 12.5. The Hall–Kier alpha value is -4.20.